The Morgan fingerprint density at radius 2 is 1.80 bits per heavy atom. The molecule has 0 fully saturated rings. The summed E-state index contributed by atoms with van der Waals surface area (Å²) < 4.78 is 5.71. The average molecular weight is 207 g/mol. The highest BCUT2D eigenvalue weighted by molar-refractivity contribution is 5.26. The van der Waals surface area contributed by atoms with Gasteiger partial charge in [0.15, 0.2) is 0 Å². The molecule has 1 atom stereocenters. The van der Waals surface area contributed by atoms with E-state index in [4.69, 9.17) is 4.74 Å². The van der Waals surface area contributed by atoms with Crippen LogP contribution >= 0.6 is 0 Å². The summed E-state index contributed by atoms with van der Waals surface area (Å²) in [5.74, 6) is 1.53. The van der Waals surface area contributed by atoms with E-state index in [1.54, 1.807) is 0 Å². The van der Waals surface area contributed by atoms with Crippen LogP contribution in [0.15, 0.2) is 24.3 Å². The Bertz CT molecular complexity index is 279. The molecule has 1 aromatic rings. The van der Waals surface area contributed by atoms with E-state index < -0.39 is 0 Å². The Hall–Kier alpha value is -1.02. The van der Waals surface area contributed by atoms with Gasteiger partial charge in [-0.2, -0.15) is 0 Å². The molecule has 0 amide bonds. The molecule has 15 heavy (non-hydrogen) atoms. The Labute approximate surface area is 92.6 Å². The third-order valence-corrected chi connectivity index (χ3v) is 2.63. The van der Waals surface area contributed by atoms with E-state index in [0.29, 0.717) is 12.0 Å². The van der Waals surface area contributed by atoms with Gasteiger partial charge in [0.05, 0.1) is 0 Å². The molecule has 1 aromatic carbocycles. The minimum atomic E-state index is 0.409. The van der Waals surface area contributed by atoms with E-state index in [9.17, 15) is 0 Å². The van der Waals surface area contributed by atoms with E-state index in [-0.39, 0.29) is 0 Å². The Kier molecular flexibility index (Phi) is 4.63. The van der Waals surface area contributed by atoms with Gasteiger partial charge in [-0.05, 0) is 32.0 Å². The van der Waals surface area contributed by atoms with Gasteiger partial charge in [-0.25, -0.2) is 0 Å². The van der Waals surface area contributed by atoms with Crippen molar-refractivity contribution in [3.05, 3.63) is 29.8 Å². The van der Waals surface area contributed by atoms with E-state index in [1.807, 2.05) is 19.2 Å². The maximum absolute atomic E-state index is 5.71. The van der Waals surface area contributed by atoms with E-state index in [1.165, 1.54) is 5.56 Å². The van der Waals surface area contributed by atoms with Crippen LogP contribution in [-0.4, -0.2) is 19.7 Å². The van der Waals surface area contributed by atoms with Crippen molar-refractivity contribution in [2.24, 2.45) is 5.92 Å². The summed E-state index contributed by atoms with van der Waals surface area (Å²) in [4.78, 5) is 0. The van der Waals surface area contributed by atoms with Crippen molar-refractivity contribution < 1.29 is 4.74 Å². The number of hydrogen-bond donors (Lipinski definition) is 1. The normalized spacial score (nSPS) is 12.9. The number of likely N-dealkylation sites (N-methyl/N-ethyl adjacent to an activating group) is 1. The zero-order valence-electron chi connectivity index (χ0n) is 10.1. The van der Waals surface area contributed by atoms with Crippen LogP contribution in [-0.2, 0) is 0 Å². The Morgan fingerprint density at radius 3 is 2.27 bits per heavy atom. The van der Waals surface area contributed by atoms with Crippen LogP contribution < -0.4 is 10.1 Å². The van der Waals surface area contributed by atoms with Gasteiger partial charge in [-0.15, -0.1) is 0 Å². The molecular formula is C13H21NO. The molecule has 0 aliphatic heterocycles. The molecule has 0 aliphatic carbocycles. The van der Waals surface area contributed by atoms with Gasteiger partial charge in [0, 0.05) is 6.04 Å². The highest BCUT2D eigenvalue weighted by Crippen LogP contribution is 2.12. The highest BCUT2D eigenvalue weighted by Gasteiger charge is 2.10. The molecule has 0 spiro atoms. The molecule has 0 saturated carbocycles. The lowest BCUT2D eigenvalue weighted by Crippen LogP contribution is -2.36. The number of benzene rings is 1. The number of nitrogens with one attached hydrogen (secondary N) is 1. The van der Waals surface area contributed by atoms with Crippen LogP contribution in [0.4, 0.5) is 0 Å². The molecular weight excluding hydrogens is 186 g/mol. The first kappa shape index (κ1) is 12.1. The van der Waals surface area contributed by atoms with Crippen LogP contribution in [0.5, 0.6) is 5.75 Å². The second-order valence-electron chi connectivity index (χ2n) is 4.26. The molecule has 0 bridgehead atoms. The molecule has 0 heterocycles. The zero-order chi connectivity index (χ0) is 11.3. The van der Waals surface area contributed by atoms with Crippen LogP contribution in [0.2, 0.25) is 0 Å². The van der Waals surface area contributed by atoms with Gasteiger partial charge >= 0.3 is 0 Å². The maximum atomic E-state index is 5.71. The first-order chi connectivity index (χ1) is 7.13. The second-order valence-corrected chi connectivity index (χ2v) is 4.26. The minimum absolute atomic E-state index is 0.409. The van der Waals surface area contributed by atoms with Crippen molar-refractivity contribution in [3.63, 3.8) is 0 Å². The first-order valence-electron chi connectivity index (χ1n) is 5.50. The molecule has 0 saturated heterocycles. The van der Waals surface area contributed by atoms with E-state index in [0.717, 1.165) is 12.4 Å². The zero-order valence-corrected chi connectivity index (χ0v) is 10.1. The molecule has 2 heteroatoms. The minimum Gasteiger partial charge on any atom is -0.492 e. The average Bonchev–Trinajstić information content (AvgIpc) is 2.21. The smallest absolute Gasteiger partial charge is 0.119 e. The largest absolute Gasteiger partial charge is 0.492 e. The fourth-order valence-electron chi connectivity index (χ4n) is 1.43. The molecule has 1 unspecified atom stereocenters. The quantitative estimate of drug-likeness (QED) is 0.801. The topological polar surface area (TPSA) is 21.3 Å². The third-order valence-electron chi connectivity index (χ3n) is 2.63. The van der Waals surface area contributed by atoms with Gasteiger partial charge in [-0.1, -0.05) is 31.5 Å². The van der Waals surface area contributed by atoms with Gasteiger partial charge in [-0.3, -0.25) is 0 Å². The first-order valence-corrected chi connectivity index (χ1v) is 5.50. The summed E-state index contributed by atoms with van der Waals surface area (Å²) in [6.45, 7) is 7.19. The number of rotatable bonds is 5. The van der Waals surface area contributed by atoms with Gasteiger partial charge in [0.25, 0.3) is 0 Å². The lowest BCUT2D eigenvalue weighted by atomic mass is 10.1. The van der Waals surface area contributed by atoms with Crippen LogP contribution in [0.25, 0.3) is 0 Å². The maximum Gasteiger partial charge on any atom is 0.119 e. The van der Waals surface area contributed by atoms with E-state index >= 15 is 0 Å². The van der Waals surface area contributed by atoms with Crippen molar-refractivity contribution in [3.8, 4) is 5.75 Å². The van der Waals surface area contributed by atoms with Crippen LogP contribution in [0.3, 0.4) is 0 Å². The van der Waals surface area contributed by atoms with E-state index in [2.05, 4.69) is 38.2 Å². The lowest BCUT2D eigenvalue weighted by molar-refractivity contribution is 0.238. The summed E-state index contributed by atoms with van der Waals surface area (Å²) >= 11 is 0. The number of ether oxygens (including phenoxy) is 1. The SMILES string of the molecule is CNC(COc1ccc(C)cc1)C(C)C. The standard InChI is InChI=1S/C13H21NO/c1-10(2)13(14-4)9-15-12-7-5-11(3)6-8-12/h5-8,10,13-14H,9H2,1-4H3. The summed E-state index contributed by atoms with van der Waals surface area (Å²) in [6.07, 6.45) is 0. The summed E-state index contributed by atoms with van der Waals surface area (Å²) in [6, 6.07) is 8.58. The number of aryl methyl sites for hydroxylation is 1. The predicted molar refractivity (Wildman–Crippen MR) is 64.4 cm³/mol. The summed E-state index contributed by atoms with van der Waals surface area (Å²) in [5.41, 5.74) is 1.26. The fourth-order valence-corrected chi connectivity index (χ4v) is 1.43. The van der Waals surface area contributed by atoms with Gasteiger partial charge in [0.2, 0.25) is 0 Å². The fraction of sp³-hybridized carbons (Fsp3) is 0.538. The molecule has 1 N–H and O–H groups in total. The molecule has 1 rings (SSSR count). The summed E-state index contributed by atoms with van der Waals surface area (Å²) in [5, 5.41) is 3.26. The molecule has 0 aliphatic rings. The molecule has 0 radical (unpaired) electrons. The van der Waals surface area contributed by atoms with Crippen LogP contribution in [0, 0.1) is 12.8 Å². The Balaban J connectivity index is 2.45. The van der Waals surface area contributed by atoms with Crippen molar-refractivity contribution in [2.75, 3.05) is 13.7 Å². The van der Waals surface area contributed by atoms with Crippen molar-refractivity contribution >= 4 is 0 Å². The number of hydrogen-bond acceptors (Lipinski definition) is 2. The van der Waals surface area contributed by atoms with Crippen molar-refractivity contribution in [1.82, 2.24) is 5.32 Å². The van der Waals surface area contributed by atoms with Gasteiger partial charge < -0.3 is 10.1 Å². The van der Waals surface area contributed by atoms with Crippen molar-refractivity contribution in [2.45, 2.75) is 26.8 Å². The monoisotopic (exact) mass is 207 g/mol. The molecule has 84 valence electrons. The predicted octanol–water partition coefficient (Wildman–Crippen LogP) is 2.62. The Morgan fingerprint density at radius 1 is 1.20 bits per heavy atom. The molecule has 0 aromatic heterocycles. The summed E-state index contributed by atoms with van der Waals surface area (Å²) in [7, 11) is 1.98. The lowest BCUT2D eigenvalue weighted by Gasteiger charge is -2.20. The highest BCUT2D eigenvalue weighted by atomic mass is 16.5. The van der Waals surface area contributed by atoms with Crippen molar-refractivity contribution in [1.29, 1.82) is 0 Å². The van der Waals surface area contributed by atoms with Crippen LogP contribution in [0.1, 0.15) is 19.4 Å². The third kappa shape index (κ3) is 3.92. The molecule has 2 nitrogen and oxygen atoms in total. The second kappa shape index (κ2) is 5.76. The van der Waals surface area contributed by atoms with Gasteiger partial charge in [0.1, 0.15) is 12.4 Å².